The second kappa shape index (κ2) is 7.79. The molecule has 0 unspecified atom stereocenters. The molecule has 1 N–H and O–H groups in total. The second-order valence-electron chi connectivity index (χ2n) is 4.43. The van der Waals surface area contributed by atoms with E-state index in [2.05, 4.69) is 20.3 Å². The lowest BCUT2D eigenvalue weighted by molar-refractivity contribution is -0.116. The summed E-state index contributed by atoms with van der Waals surface area (Å²) in [6.45, 7) is -0.871. The van der Waals surface area contributed by atoms with Crippen LogP contribution in [0.4, 0.5) is 13.9 Å². The Kier molecular flexibility index (Phi) is 5.76. The van der Waals surface area contributed by atoms with Crippen LogP contribution in [0.3, 0.4) is 0 Å². The molecule has 1 aromatic carbocycles. The fraction of sp³-hybridized carbons (Fsp3) is 0.357. The number of amides is 1. The molecule has 118 valence electrons. The molecule has 0 aliphatic carbocycles. The Morgan fingerprint density at radius 2 is 2.05 bits per heavy atom. The Balaban J connectivity index is 1.80. The maximum Gasteiger partial charge on any atom is 0.387 e. The maximum atomic E-state index is 12.0. The zero-order valence-corrected chi connectivity index (χ0v) is 12.7. The van der Waals surface area contributed by atoms with E-state index in [1.54, 1.807) is 12.1 Å². The van der Waals surface area contributed by atoms with E-state index in [0.717, 1.165) is 17.0 Å². The number of nitrogens with zero attached hydrogens (tertiary/aromatic N) is 2. The van der Waals surface area contributed by atoms with Crippen LogP contribution in [-0.4, -0.2) is 22.7 Å². The molecule has 0 bridgehead atoms. The molecule has 0 aliphatic rings. The lowest BCUT2D eigenvalue weighted by Gasteiger charge is -2.05. The number of hydrogen-bond acceptors (Lipinski definition) is 5. The number of ether oxygens (including phenoxy) is 1. The second-order valence-corrected chi connectivity index (χ2v) is 5.49. The van der Waals surface area contributed by atoms with Crippen LogP contribution < -0.4 is 10.1 Å². The maximum absolute atomic E-state index is 12.0. The zero-order valence-electron chi connectivity index (χ0n) is 11.9. The van der Waals surface area contributed by atoms with Crippen molar-refractivity contribution in [2.45, 2.75) is 32.8 Å². The van der Waals surface area contributed by atoms with E-state index in [1.807, 2.05) is 6.92 Å². The standard InChI is InChI=1S/C14H15F2N3O2S/c1-2-12-18-19-14(22-12)17-11(20)8-5-9-3-6-10(7-4-9)21-13(15)16/h3-4,6-7,13H,2,5,8H2,1H3,(H,17,19,20). The molecule has 2 rings (SSSR count). The van der Waals surface area contributed by atoms with Gasteiger partial charge >= 0.3 is 6.61 Å². The molecular formula is C14H15F2N3O2S. The van der Waals surface area contributed by atoms with Crippen LogP contribution in [0, 0.1) is 0 Å². The highest BCUT2D eigenvalue weighted by atomic mass is 32.1. The molecule has 0 radical (unpaired) electrons. The molecule has 2 aromatic rings. The van der Waals surface area contributed by atoms with Crippen LogP contribution in [0.5, 0.6) is 5.75 Å². The highest BCUT2D eigenvalue weighted by Gasteiger charge is 2.08. The molecular weight excluding hydrogens is 312 g/mol. The fourth-order valence-electron chi connectivity index (χ4n) is 1.72. The summed E-state index contributed by atoms with van der Waals surface area (Å²) in [5.74, 6) is -0.0594. The molecule has 1 amide bonds. The van der Waals surface area contributed by atoms with Crippen molar-refractivity contribution in [3.8, 4) is 5.75 Å². The number of aryl methyl sites for hydroxylation is 2. The Morgan fingerprint density at radius 1 is 1.32 bits per heavy atom. The molecule has 1 aromatic heterocycles. The highest BCUT2D eigenvalue weighted by Crippen LogP contribution is 2.17. The summed E-state index contributed by atoms with van der Waals surface area (Å²) >= 11 is 1.35. The number of nitrogens with one attached hydrogen (secondary N) is 1. The Labute approximate surface area is 130 Å². The molecule has 5 nitrogen and oxygen atoms in total. The van der Waals surface area contributed by atoms with Gasteiger partial charge in [-0.2, -0.15) is 8.78 Å². The van der Waals surface area contributed by atoms with E-state index >= 15 is 0 Å². The SMILES string of the molecule is CCc1nnc(NC(=O)CCc2ccc(OC(F)F)cc2)s1. The highest BCUT2D eigenvalue weighted by molar-refractivity contribution is 7.15. The van der Waals surface area contributed by atoms with Crippen LogP contribution in [0.1, 0.15) is 23.9 Å². The summed E-state index contributed by atoms with van der Waals surface area (Å²) < 4.78 is 28.3. The first-order valence-corrected chi connectivity index (χ1v) is 7.54. The van der Waals surface area contributed by atoms with Crippen LogP contribution >= 0.6 is 11.3 Å². The topological polar surface area (TPSA) is 64.1 Å². The number of aromatic nitrogens is 2. The lowest BCUT2D eigenvalue weighted by Crippen LogP contribution is -2.12. The Bertz CT molecular complexity index is 617. The number of hydrogen-bond donors (Lipinski definition) is 1. The first-order valence-electron chi connectivity index (χ1n) is 6.72. The average Bonchev–Trinajstić information content (AvgIpc) is 2.93. The van der Waals surface area contributed by atoms with Gasteiger partial charge in [0.2, 0.25) is 11.0 Å². The summed E-state index contributed by atoms with van der Waals surface area (Å²) in [7, 11) is 0. The molecule has 1 heterocycles. The number of benzene rings is 1. The predicted molar refractivity (Wildman–Crippen MR) is 79.3 cm³/mol. The first-order chi connectivity index (χ1) is 10.6. The van der Waals surface area contributed by atoms with Gasteiger partial charge in [0.25, 0.3) is 0 Å². The number of carbonyl (C=O) groups excluding carboxylic acids is 1. The molecule has 0 spiro atoms. The first kappa shape index (κ1) is 16.3. The summed E-state index contributed by atoms with van der Waals surface area (Å²) in [5.41, 5.74) is 0.864. The number of halogens is 2. The van der Waals surface area contributed by atoms with Gasteiger partial charge in [0.15, 0.2) is 0 Å². The quantitative estimate of drug-likeness (QED) is 0.848. The third-order valence-corrected chi connectivity index (χ3v) is 3.79. The summed E-state index contributed by atoms with van der Waals surface area (Å²) in [6, 6.07) is 6.23. The van der Waals surface area contributed by atoms with Crippen molar-refractivity contribution in [2.75, 3.05) is 5.32 Å². The van der Waals surface area contributed by atoms with Crippen molar-refractivity contribution in [1.82, 2.24) is 10.2 Å². The van der Waals surface area contributed by atoms with Crippen molar-refractivity contribution in [3.05, 3.63) is 34.8 Å². The van der Waals surface area contributed by atoms with Crippen molar-refractivity contribution >= 4 is 22.4 Å². The van der Waals surface area contributed by atoms with E-state index < -0.39 is 6.61 Å². The third-order valence-electron chi connectivity index (χ3n) is 2.80. The molecule has 0 aliphatic heterocycles. The van der Waals surface area contributed by atoms with Gasteiger partial charge in [-0.25, -0.2) is 0 Å². The third kappa shape index (κ3) is 5.03. The van der Waals surface area contributed by atoms with Gasteiger partial charge in [0.1, 0.15) is 10.8 Å². The van der Waals surface area contributed by atoms with Crippen molar-refractivity contribution in [3.63, 3.8) is 0 Å². The molecule has 0 saturated carbocycles. The van der Waals surface area contributed by atoms with Crippen molar-refractivity contribution in [2.24, 2.45) is 0 Å². The zero-order chi connectivity index (χ0) is 15.9. The van der Waals surface area contributed by atoms with Gasteiger partial charge in [-0.15, -0.1) is 10.2 Å². The number of alkyl halides is 2. The monoisotopic (exact) mass is 327 g/mol. The summed E-state index contributed by atoms with van der Waals surface area (Å²) in [4.78, 5) is 11.8. The van der Waals surface area contributed by atoms with Gasteiger partial charge in [-0.05, 0) is 30.5 Å². The smallest absolute Gasteiger partial charge is 0.387 e. The van der Waals surface area contributed by atoms with Gasteiger partial charge in [0, 0.05) is 6.42 Å². The molecule has 22 heavy (non-hydrogen) atoms. The molecule has 8 heteroatoms. The van der Waals surface area contributed by atoms with E-state index in [1.165, 1.54) is 23.5 Å². The van der Waals surface area contributed by atoms with Crippen LogP contribution in [0.15, 0.2) is 24.3 Å². The minimum Gasteiger partial charge on any atom is -0.435 e. The number of carbonyl (C=O) groups is 1. The molecule has 0 fully saturated rings. The van der Waals surface area contributed by atoms with E-state index in [4.69, 9.17) is 0 Å². The summed E-state index contributed by atoms with van der Waals surface area (Å²) in [5, 5.41) is 11.8. The fourth-order valence-corrected chi connectivity index (χ4v) is 2.42. The minimum atomic E-state index is -2.84. The van der Waals surface area contributed by atoms with E-state index in [-0.39, 0.29) is 18.1 Å². The summed E-state index contributed by atoms with van der Waals surface area (Å²) in [6.07, 6.45) is 1.55. The van der Waals surface area contributed by atoms with Gasteiger partial charge in [-0.1, -0.05) is 30.4 Å². The Morgan fingerprint density at radius 3 is 2.64 bits per heavy atom. The van der Waals surface area contributed by atoms with Gasteiger partial charge in [0.05, 0.1) is 0 Å². The van der Waals surface area contributed by atoms with Gasteiger partial charge < -0.3 is 10.1 Å². The van der Waals surface area contributed by atoms with Crippen LogP contribution in [-0.2, 0) is 17.6 Å². The van der Waals surface area contributed by atoms with Crippen molar-refractivity contribution < 1.29 is 18.3 Å². The normalized spacial score (nSPS) is 10.7. The van der Waals surface area contributed by atoms with Gasteiger partial charge in [-0.3, -0.25) is 4.79 Å². The largest absolute Gasteiger partial charge is 0.435 e. The van der Waals surface area contributed by atoms with E-state index in [9.17, 15) is 13.6 Å². The minimum absolute atomic E-state index is 0.101. The lowest BCUT2D eigenvalue weighted by atomic mass is 10.1. The van der Waals surface area contributed by atoms with E-state index in [0.29, 0.717) is 11.6 Å². The molecule has 0 saturated heterocycles. The Hall–Kier alpha value is -2.09. The van der Waals surface area contributed by atoms with Crippen LogP contribution in [0.2, 0.25) is 0 Å². The number of anilines is 1. The number of rotatable bonds is 7. The van der Waals surface area contributed by atoms with Crippen LogP contribution in [0.25, 0.3) is 0 Å². The van der Waals surface area contributed by atoms with Crippen molar-refractivity contribution in [1.29, 1.82) is 0 Å². The molecule has 0 atom stereocenters. The average molecular weight is 327 g/mol. The predicted octanol–water partition coefficient (Wildman–Crippen LogP) is 3.27.